The average molecular weight is 267 g/mol. The zero-order chi connectivity index (χ0) is 14.0. The number of halogens is 1. The molecule has 0 radical (unpaired) electrons. The van der Waals surface area contributed by atoms with Crippen LogP contribution in [0.4, 0.5) is 4.39 Å². The summed E-state index contributed by atoms with van der Waals surface area (Å²) in [6.45, 7) is 3.00. The van der Waals surface area contributed by atoms with Crippen molar-refractivity contribution >= 4 is 5.97 Å². The fraction of sp³-hybridized carbons (Fsp3) is 0.500. The summed E-state index contributed by atoms with van der Waals surface area (Å²) in [6.07, 6.45) is 0.619. The Hall–Kier alpha value is -1.62. The number of ether oxygens (including phenoxy) is 1. The molecular weight excluding hydrogens is 249 g/mol. The van der Waals surface area contributed by atoms with E-state index in [2.05, 4.69) is 0 Å². The third kappa shape index (κ3) is 2.87. The molecule has 1 aromatic rings. The van der Waals surface area contributed by atoms with Gasteiger partial charge in [-0.2, -0.15) is 0 Å². The van der Waals surface area contributed by atoms with Crippen molar-refractivity contribution < 1.29 is 19.0 Å². The third-order valence-corrected chi connectivity index (χ3v) is 3.84. The molecule has 0 aromatic heterocycles. The fourth-order valence-electron chi connectivity index (χ4n) is 2.56. The number of hydrogen-bond acceptors (Lipinski definition) is 3. The molecule has 0 aliphatic carbocycles. The van der Waals surface area contributed by atoms with Crippen molar-refractivity contribution in [3.63, 3.8) is 0 Å². The summed E-state index contributed by atoms with van der Waals surface area (Å²) in [4.78, 5) is 13.0. The van der Waals surface area contributed by atoms with Crippen LogP contribution in [0.5, 0.6) is 5.75 Å². The van der Waals surface area contributed by atoms with Crippen LogP contribution in [0.2, 0.25) is 0 Å². The second kappa shape index (κ2) is 5.57. The van der Waals surface area contributed by atoms with Crippen LogP contribution in [0.25, 0.3) is 0 Å². The second-order valence-electron chi connectivity index (χ2n) is 4.90. The number of carboxylic acid groups (broad SMARTS) is 1. The van der Waals surface area contributed by atoms with E-state index in [-0.39, 0.29) is 17.8 Å². The van der Waals surface area contributed by atoms with Crippen molar-refractivity contribution in [2.24, 2.45) is 5.92 Å². The van der Waals surface area contributed by atoms with E-state index >= 15 is 0 Å². The highest BCUT2D eigenvalue weighted by molar-refractivity contribution is 5.71. The number of hydrogen-bond donors (Lipinski definition) is 1. The second-order valence-corrected chi connectivity index (χ2v) is 4.90. The highest BCUT2D eigenvalue weighted by Gasteiger charge is 2.35. The zero-order valence-electron chi connectivity index (χ0n) is 11.1. The van der Waals surface area contributed by atoms with E-state index in [9.17, 15) is 9.18 Å². The van der Waals surface area contributed by atoms with Gasteiger partial charge in [-0.1, -0.05) is 6.07 Å². The standard InChI is InChI=1S/C14H18FNO3/c1-9-12(14(17)18)5-6-16(9)8-10-3-4-11(19-2)7-13(10)15/h3-4,7,9,12H,5-6,8H2,1-2H3,(H,17,18). The number of rotatable bonds is 4. The molecule has 4 nitrogen and oxygen atoms in total. The van der Waals surface area contributed by atoms with Crippen LogP contribution in [0.15, 0.2) is 18.2 Å². The Bertz CT molecular complexity index is 478. The fourth-order valence-corrected chi connectivity index (χ4v) is 2.56. The van der Waals surface area contributed by atoms with Crippen LogP contribution in [0.3, 0.4) is 0 Å². The monoisotopic (exact) mass is 267 g/mol. The predicted molar refractivity (Wildman–Crippen MR) is 68.6 cm³/mol. The molecule has 1 aromatic carbocycles. The Kier molecular flexibility index (Phi) is 4.04. The highest BCUT2D eigenvalue weighted by atomic mass is 19.1. The lowest BCUT2D eigenvalue weighted by Crippen LogP contribution is -2.32. The molecule has 1 heterocycles. The molecule has 2 unspecified atom stereocenters. The molecule has 1 saturated heterocycles. The van der Waals surface area contributed by atoms with Gasteiger partial charge < -0.3 is 9.84 Å². The minimum absolute atomic E-state index is 0.0704. The van der Waals surface area contributed by atoms with E-state index in [0.717, 1.165) is 0 Å². The molecule has 1 aliphatic rings. The minimum Gasteiger partial charge on any atom is -0.497 e. The maximum Gasteiger partial charge on any atom is 0.308 e. The Morgan fingerprint density at radius 3 is 2.84 bits per heavy atom. The number of methoxy groups -OCH3 is 1. The first kappa shape index (κ1) is 13.8. The van der Waals surface area contributed by atoms with Crippen molar-refractivity contribution in [1.29, 1.82) is 0 Å². The molecule has 0 spiro atoms. The molecule has 1 N–H and O–H groups in total. The van der Waals surface area contributed by atoms with Crippen molar-refractivity contribution in [3.8, 4) is 5.75 Å². The SMILES string of the molecule is COc1ccc(CN2CCC(C(=O)O)C2C)c(F)c1. The van der Waals surface area contributed by atoms with Gasteiger partial charge in [0, 0.05) is 24.2 Å². The van der Waals surface area contributed by atoms with E-state index < -0.39 is 5.97 Å². The van der Waals surface area contributed by atoms with Crippen LogP contribution < -0.4 is 4.74 Å². The van der Waals surface area contributed by atoms with Crippen molar-refractivity contribution in [1.82, 2.24) is 4.90 Å². The molecule has 1 fully saturated rings. The molecule has 104 valence electrons. The van der Waals surface area contributed by atoms with Crippen LogP contribution in [-0.2, 0) is 11.3 Å². The number of nitrogens with zero attached hydrogens (tertiary/aromatic N) is 1. The lowest BCUT2D eigenvalue weighted by Gasteiger charge is -2.23. The maximum absolute atomic E-state index is 13.9. The van der Waals surface area contributed by atoms with Gasteiger partial charge >= 0.3 is 5.97 Å². The molecule has 0 bridgehead atoms. The number of benzene rings is 1. The summed E-state index contributed by atoms with van der Waals surface area (Å²) in [5.74, 6) is -0.962. The van der Waals surface area contributed by atoms with Gasteiger partial charge in [-0.15, -0.1) is 0 Å². The summed E-state index contributed by atoms with van der Waals surface area (Å²) in [6, 6.07) is 4.69. The van der Waals surface area contributed by atoms with Gasteiger partial charge in [0.25, 0.3) is 0 Å². The van der Waals surface area contributed by atoms with Crippen LogP contribution in [-0.4, -0.2) is 35.7 Å². The van der Waals surface area contributed by atoms with Gasteiger partial charge in [0.15, 0.2) is 0 Å². The molecule has 0 amide bonds. The molecule has 2 atom stereocenters. The first-order chi connectivity index (χ1) is 9.02. The lowest BCUT2D eigenvalue weighted by molar-refractivity contribution is -0.142. The number of carboxylic acids is 1. The molecule has 19 heavy (non-hydrogen) atoms. The summed E-state index contributed by atoms with van der Waals surface area (Å²) < 4.78 is 18.8. The van der Waals surface area contributed by atoms with Gasteiger partial charge in [0.2, 0.25) is 0 Å². The predicted octanol–water partition coefficient (Wildman–Crippen LogP) is 2.13. The summed E-state index contributed by atoms with van der Waals surface area (Å²) in [5.41, 5.74) is 0.568. The van der Waals surface area contributed by atoms with Gasteiger partial charge in [-0.3, -0.25) is 9.69 Å². The van der Waals surface area contributed by atoms with Crippen molar-refractivity contribution in [2.45, 2.75) is 25.9 Å². The van der Waals surface area contributed by atoms with Crippen LogP contribution in [0, 0.1) is 11.7 Å². The average Bonchev–Trinajstić information content (AvgIpc) is 2.73. The number of aliphatic carboxylic acids is 1. The smallest absolute Gasteiger partial charge is 0.308 e. The van der Waals surface area contributed by atoms with E-state index in [1.54, 1.807) is 12.1 Å². The van der Waals surface area contributed by atoms with Gasteiger partial charge in [-0.25, -0.2) is 4.39 Å². The molecule has 1 aliphatic heterocycles. The first-order valence-corrected chi connectivity index (χ1v) is 6.32. The summed E-state index contributed by atoms with van der Waals surface area (Å²) >= 11 is 0. The molecule has 5 heteroatoms. The molecule has 2 rings (SSSR count). The topological polar surface area (TPSA) is 49.8 Å². The first-order valence-electron chi connectivity index (χ1n) is 6.32. The zero-order valence-corrected chi connectivity index (χ0v) is 11.1. The Morgan fingerprint density at radius 1 is 1.58 bits per heavy atom. The van der Waals surface area contributed by atoms with Gasteiger partial charge in [-0.05, 0) is 26.0 Å². The van der Waals surface area contributed by atoms with Crippen LogP contribution >= 0.6 is 0 Å². The van der Waals surface area contributed by atoms with Gasteiger partial charge in [0.1, 0.15) is 11.6 Å². The maximum atomic E-state index is 13.9. The van der Waals surface area contributed by atoms with Gasteiger partial charge in [0.05, 0.1) is 13.0 Å². The van der Waals surface area contributed by atoms with Crippen molar-refractivity contribution in [3.05, 3.63) is 29.6 Å². The van der Waals surface area contributed by atoms with E-state index in [4.69, 9.17) is 9.84 Å². The molecule has 0 saturated carbocycles. The number of carbonyl (C=O) groups is 1. The van der Waals surface area contributed by atoms with E-state index in [0.29, 0.717) is 30.8 Å². The van der Waals surface area contributed by atoms with Crippen molar-refractivity contribution in [2.75, 3.05) is 13.7 Å². The summed E-state index contributed by atoms with van der Waals surface area (Å²) in [7, 11) is 1.49. The quantitative estimate of drug-likeness (QED) is 0.908. The minimum atomic E-state index is -0.773. The normalized spacial score (nSPS) is 23.5. The van der Waals surface area contributed by atoms with Crippen LogP contribution in [0.1, 0.15) is 18.9 Å². The highest BCUT2D eigenvalue weighted by Crippen LogP contribution is 2.27. The number of likely N-dealkylation sites (tertiary alicyclic amines) is 1. The Labute approximate surface area is 111 Å². The van der Waals surface area contributed by atoms with E-state index in [1.807, 2.05) is 11.8 Å². The largest absolute Gasteiger partial charge is 0.497 e. The Balaban J connectivity index is 2.08. The third-order valence-electron chi connectivity index (χ3n) is 3.84. The molecular formula is C14H18FNO3. The summed E-state index contributed by atoms with van der Waals surface area (Å²) in [5, 5.41) is 9.07. The van der Waals surface area contributed by atoms with E-state index in [1.165, 1.54) is 13.2 Å². The lowest BCUT2D eigenvalue weighted by atomic mass is 10.0. The Morgan fingerprint density at radius 2 is 2.32 bits per heavy atom.